The number of halogens is 1. The number of anilines is 1. The lowest BCUT2D eigenvalue weighted by Crippen LogP contribution is -2.41. The van der Waals surface area contributed by atoms with E-state index >= 15 is 0 Å². The molecule has 1 amide bonds. The van der Waals surface area contributed by atoms with Crippen LogP contribution in [0.4, 0.5) is 10.1 Å². The summed E-state index contributed by atoms with van der Waals surface area (Å²) >= 11 is 1.31. The minimum atomic E-state index is -0.569. The maximum atomic E-state index is 13.6. The van der Waals surface area contributed by atoms with E-state index in [4.69, 9.17) is 4.74 Å². The number of ether oxygens (including phenoxy) is 1. The van der Waals surface area contributed by atoms with E-state index in [1.54, 1.807) is 16.8 Å². The number of carbonyl (C=O) groups excluding carboxylic acids is 1. The number of aryl methyl sites for hydroxylation is 2. The van der Waals surface area contributed by atoms with E-state index in [0.29, 0.717) is 16.7 Å². The van der Waals surface area contributed by atoms with Gasteiger partial charge in [0.1, 0.15) is 23.4 Å². The first-order valence-electron chi connectivity index (χ1n) is 11.2. The van der Waals surface area contributed by atoms with Gasteiger partial charge in [-0.05, 0) is 55.3 Å². The zero-order valence-corrected chi connectivity index (χ0v) is 20.1. The molecule has 5 rings (SSSR count). The average molecular weight is 490 g/mol. The van der Waals surface area contributed by atoms with Gasteiger partial charge in [-0.2, -0.15) is 0 Å². The fourth-order valence-electron chi connectivity index (χ4n) is 3.93. The molecule has 1 aliphatic rings. The van der Waals surface area contributed by atoms with Crippen molar-refractivity contribution in [1.82, 2.24) is 14.9 Å². The first kappa shape index (κ1) is 22.9. The summed E-state index contributed by atoms with van der Waals surface area (Å²) in [5.74, 6) is 0.765. The quantitative estimate of drug-likeness (QED) is 0.396. The normalized spacial score (nSPS) is 16.8. The molecule has 0 fully saturated rings. The first-order valence-corrected chi connectivity index (χ1v) is 12.0. The van der Waals surface area contributed by atoms with Crippen LogP contribution in [0.25, 0.3) is 0 Å². The van der Waals surface area contributed by atoms with Gasteiger partial charge in [0.15, 0.2) is 5.82 Å². The van der Waals surface area contributed by atoms with Gasteiger partial charge in [0.2, 0.25) is 11.1 Å². The molecule has 7 nitrogen and oxygen atoms in total. The maximum Gasteiger partial charge on any atom is 0.240 e. The largest absolute Gasteiger partial charge is 0.486 e. The molecule has 178 valence electrons. The fraction of sp³-hybridized carbons (Fsp3) is 0.192. The molecular weight excluding hydrogens is 465 g/mol. The Hall–Kier alpha value is -3.85. The molecule has 3 aromatic carbocycles. The molecule has 2 N–H and O–H groups in total. The van der Waals surface area contributed by atoms with Gasteiger partial charge in [-0.15, -0.1) is 10.2 Å². The third-order valence-electron chi connectivity index (χ3n) is 5.74. The molecule has 0 aliphatic carbocycles. The van der Waals surface area contributed by atoms with Crippen LogP contribution in [0.1, 0.15) is 28.6 Å². The molecule has 4 aromatic rings. The van der Waals surface area contributed by atoms with E-state index in [1.807, 2.05) is 62.4 Å². The minimum absolute atomic E-state index is 0.180. The summed E-state index contributed by atoms with van der Waals surface area (Å²) in [6.07, 6.45) is 0. The van der Waals surface area contributed by atoms with Crippen LogP contribution in [-0.4, -0.2) is 26.0 Å². The van der Waals surface area contributed by atoms with Gasteiger partial charge in [0, 0.05) is 5.69 Å². The molecule has 2 heterocycles. The van der Waals surface area contributed by atoms with Crippen molar-refractivity contribution in [2.45, 2.75) is 36.9 Å². The van der Waals surface area contributed by atoms with Crippen LogP contribution in [0.15, 0.2) is 78.0 Å². The Morgan fingerprint density at radius 3 is 2.60 bits per heavy atom. The van der Waals surface area contributed by atoms with Gasteiger partial charge >= 0.3 is 0 Å². The predicted octanol–water partition coefficient (Wildman–Crippen LogP) is 5.01. The van der Waals surface area contributed by atoms with Crippen molar-refractivity contribution in [3.05, 3.63) is 101 Å². The summed E-state index contributed by atoms with van der Waals surface area (Å²) in [4.78, 5) is 13.5. The number of hydrogen-bond donors (Lipinski definition) is 2. The van der Waals surface area contributed by atoms with Crippen LogP contribution < -0.4 is 15.5 Å². The van der Waals surface area contributed by atoms with Crippen LogP contribution in [0.5, 0.6) is 5.75 Å². The van der Waals surface area contributed by atoms with Gasteiger partial charge in [-0.25, -0.2) is 9.07 Å². The topological polar surface area (TPSA) is 81.1 Å². The van der Waals surface area contributed by atoms with Crippen LogP contribution in [-0.2, 0) is 11.4 Å². The lowest BCUT2D eigenvalue weighted by atomic mass is 10.0. The molecule has 0 saturated heterocycles. The molecule has 2 atom stereocenters. The van der Waals surface area contributed by atoms with E-state index in [2.05, 4.69) is 20.9 Å². The monoisotopic (exact) mass is 489 g/mol. The number of amides is 1. The van der Waals surface area contributed by atoms with Gasteiger partial charge in [-0.3, -0.25) is 4.79 Å². The van der Waals surface area contributed by atoms with E-state index in [-0.39, 0.29) is 18.3 Å². The fourth-order valence-corrected chi connectivity index (χ4v) is 5.03. The second-order valence-corrected chi connectivity index (χ2v) is 9.45. The maximum absolute atomic E-state index is 13.6. The van der Waals surface area contributed by atoms with Gasteiger partial charge < -0.3 is 15.5 Å². The first-order chi connectivity index (χ1) is 17.0. The molecule has 9 heteroatoms. The molecule has 0 bridgehead atoms. The van der Waals surface area contributed by atoms with Crippen LogP contribution >= 0.6 is 11.8 Å². The molecule has 0 unspecified atom stereocenters. The van der Waals surface area contributed by atoms with Gasteiger partial charge in [-0.1, -0.05) is 59.8 Å². The molecule has 0 radical (unpaired) electrons. The molecule has 0 spiro atoms. The van der Waals surface area contributed by atoms with Crippen molar-refractivity contribution < 1.29 is 13.9 Å². The van der Waals surface area contributed by atoms with E-state index < -0.39 is 11.3 Å². The zero-order chi connectivity index (χ0) is 24.4. The lowest BCUT2D eigenvalue weighted by Gasteiger charge is -2.33. The Balaban J connectivity index is 1.42. The third kappa shape index (κ3) is 5.00. The number of aromatic nitrogens is 3. The van der Waals surface area contributed by atoms with Crippen molar-refractivity contribution in [3.63, 3.8) is 0 Å². The number of nitrogens with one attached hydrogen (secondary N) is 2. The number of rotatable bonds is 6. The van der Waals surface area contributed by atoms with Crippen molar-refractivity contribution in [2.75, 3.05) is 10.7 Å². The summed E-state index contributed by atoms with van der Waals surface area (Å²) in [5.41, 5.74) is 6.99. The Labute approximate surface area is 206 Å². The van der Waals surface area contributed by atoms with Crippen molar-refractivity contribution >= 4 is 23.4 Å². The molecule has 0 saturated carbocycles. The van der Waals surface area contributed by atoms with E-state index in [1.165, 1.54) is 23.9 Å². The molecule has 1 aromatic heterocycles. The Bertz CT molecular complexity index is 1340. The van der Waals surface area contributed by atoms with Crippen molar-refractivity contribution in [2.24, 2.45) is 0 Å². The number of benzene rings is 3. The second kappa shape index (κ2) is 9.79. The summed E-state index contributed by atoms with van der Waals surface area (Å²) in [6, 6.07) is 21.0. The van der Waals surface area contributed by atoms with E-state index in [9.17, 15) is 9.18 Å². The number of nitrogens with zero attached hydrogens (tertiary/aromatic N) is 3. The number of thioether (sulfide) groups is 1. The zero-order valence-electron chi connectivity index (χ0n) is 19.2. The SMILES string of the molecule is Cc1ccc(NC(=O)[C@@H]2Sc3nnc(COc4ccccc4)n3N[C@H]2c2ccc(F)cc2)c(C)c1. The van der Waals surface area contributed by atoms with Gasteiger partial charge in [0.25, 0.3) is 0 Å². The molecule has 35 heavy (non-hydrogen) atoms. The number of para-hydroxylation sites is 1. The third-order valence-corrected chi connectivity index (χ3v) is 6.96. The number of fused-ring (bicyclic) bond motifs is 1. The second-order valence-electron chi connectivity index (χ2n) is 8.34. The van der Waals surface area contributed by atoms with Crippen LogP contribution in [0.3, 0.4) is 0 Å². The highest BCUT2D eigenvalue weighted by Crippen LogP contribution is 2.38. The highest BCUT2D eigenvalue weighted by atomic mass is 32.2. The van der Waals surface area contributed by atoms with Crippen molar-refractivity contribution in [3.8, 4) is 5.75 Å². The van der Waals surface area contributed by atoms with Crippen LogP contribution in [0, 0.1) is 19.7 Å². The van der Waals surface area contributed by atoms with Gasteiger partial charge in [0.05, 0.1) is 6.04 Å². The standard InChI is InChI=1S/C26H24FN5O2S/c1-16-8-13-21(17(2)14-16)28-25(33)24-23(18-9-11-19(27)12-10-18)31-32-22(29-30-26(32)35-24)15-34-20-6-4-3-5-7-20/h3-14,23-24,31H,15H2,1-2H3,(H,28,33)/t23-,24+/m0/s1. The molecular formula is C26H24FN5O2S. The highest BCUT2D eigenvalue weighted by Gasteiger charge is 2.38. The summed E-state index contributed by atoms with van der Waals surface area (Å²) in [7, 11) is 0. The van der Waals surface area contributed by atoms with Crippen molar-refractivity contribution in [1.29, 1.82) is 0 Å². The van der Waals surface area contributed by atoms with Crippen LogP contribution in [0.2, 0.25) is 0 Å². The molecule has 1 aliphatic heterocycles. The minimum Gasteiger partial charge on any atom is -0.486 e. The lowest BCUT2D eigenvalue weighted by molar-refractivity contribution is -0.116. The smallest absolute Gasteiger partial charge is 0.240 e. The Morgan fingerprint density at radius 2 is 1.86 bits per heavy atom. The van der Waals surface area contributed by atoms with E-state index in [0.717, 1.165) is 22.4 Å². The Kier molecular flexibility index (Phi) is 6.41. The predicted molar refractivity (Wildman–Crippen MR) is 133 cm³/mol. The highest BCUT2D eigenvalue weighted by molar-refractivity contribution is 8.00. The number of carbonyl (C=O) groups is 1. The summed E-state index contributed by atoms with van der Waals surface area (Å²) in [5, 5.41) is 11.6. The summed E-state index contributed by atoms with van der Waals surface area (Å²) < 4.78 is 21.2. The summed E-state index contributed by atoms with van der Waals surface area (Å²) in [6.45, 7) is 4.16. The average Bonchev–Trinajstić information content (AvgIpc) is 3.26. The Morgan fingerprint density at radius 1 is 1.09 bits per heavy atom. The number of hydrogen-bond acceptors (Lipinski definition) is 6.